The van der Waals surface area contributed by atoms with Gasteiger partial charge in [0.1, 0.15) is 6.61 Å². The van der Waals surface area contributed by atoms with E-state index in [1.807, 2.05) is 32.0 Å². The summed E-state index contributed by atoms with van der Waals surface area (Å²) in [7, 11) is 0. The van der Waals surface area contributed by atoms with Crippen molar-refractivity contribution in [2.75, 3.05) is 26.2 Å². The van der Waals surface area contributed by atoms with Crippen LogP contribution < -0.4 is 0 Å². The Morgan fingerprint density at radius 1 is 1.16 bits per heavy atom. The highest BCUT2D eigenvalue weighted by atomic mass is 35.5. The third-order valence-corrected chi connectivity index (χ3v) is 3.28. The van der Waals surface area contributed by atoms with E-state index in [0.717, 1.165) is 25.2 Å². The number of hydrogen-bond donors (Lipinski definition) is 0. The van der Waals surface area contributed by atoms with E-state index in [2.05, 4.69) is 18.7 Å². The summed E-state index contributed by atoms with van der Waals surface area (Å²) in [4.78, 5) is 14.1. The van der Waals surface area contributed by atoms with Gasteiger partial charge < -0.3 is 9.64 Å². The van der Waals surface area contributed by atoms with Crippen LogP contribution in [0.15, 0.2) is 18.2 Å². The normalized spacial score (nSPS) is 10.2. The van der Waals surface area contributed by atoms with Gasteiger partial charge in [-0.05, 0) is 50.2 Å². The number of carbonyl (C=O) groups is 1. The molecule has 19 heavy (non-hydrogen) atoms. The van der Waals surface area contributed by atoms with Crippen molar-refractivity contribution >= 4 is 18.4 Å². The first-order valence-electron chi connectivity index (χ1n) is 6.55. The first-order valence-corrected chi connectivity index (χ1v) is 6.55. The van der Waals surface area contributed by atoms with Gasteiger partial charge in [0.05, 0.1) is 5.56 Å². The lowest BCUT2D eigenvalue weighted by Gasteiger charge is -2.17. The van der Waals surface area contributed by atoms with E-state index in [-0.39, 0.29) is 18.4 Å². The fraction of sp³-hybridized carbons (Fsp3) is 0.533. The van der Waals surface area contributed by atoms with E-state index >= 15 is 0 Å². The first kappa shape index (κ1) is 17.9. The zero-order valence-electron chi connectivity index (χ0n) is 12.2. The lowest BCUT2D eigenvalue weighted by atomic mass is 10.1. The molecule has 0 unspecified atom stereocenters. The van der Waals surface area contributed by atoms with Crippen LogP contribution in [0.25, 0.3) is 0 Å². The third kappa shape index (κ3) is 5.62. The largest absolute Gasteiger partial charge is 0.461 e. The van der Waals surface area contributed by atoms with Crippen LogP contribution in [0.3, 0.4) is 0 Å². The van der Waals surface area contributed by atoms with Crippen molar-refractivity contribution in [2.24, 2.45) is 0 Å². The number of esters is 1. The molecule has 0 saturated carbocycles. The van der Waals surface area contributed by atoms with E-state index in [1.165, 1.54) is 5.56 Å². The summed E-state index contributed by atoms with van der Waals surface area (Å²) in [5.41, 5.74) is 2.94. The molecule has 1 aromatic rings. The molecule has 0 radical (unpaired) electrons. The standard InChI is InChI=1S/C15H23NO2.ClH/c1-5-16(6-2)9-10-18-15(17)14-8-7-12(3)13(4)11-14;/h7-8,11H,5-6,9-10H2,1-4H3;1H. The molecule has 0 amide bonds. The van der Waals surface area contributed by atoms with Gasteiger partial charge in [-0.1, -0.05) is 19.9 Å². The van der Waals surface area contributed by atoms with Gasteiger partial charge in [0.2, 0.25) is 0 Å². The molecule has 0 fully saturated rings. The van der Waals surface area contributed by atoms with Crippen molar-refractivity contribution in [1.82, 2.24) is 4.90 Å². The molecule has 4 heteroatoms. The van der Waals surface area contributed by atoms with Crippen molar-refractivity contribution < 1.29 is 9.53 Å². The summed E-state index contributed by atoms with van der Waals surface area (Å²) in [5.74, 6) is -0.231. The van der Waals surface area contributed by atoms with Gasteiger partial charge in [0, 0.05) is 6.54 Å². The quantitative estimate of drug-likeness (QED) is 0.752. The SMILES string of the molecule is CCN(CC)CCOC(=O)c1ccc(C)c(C)c1.Cl. The van der Waals surface area contributed by atoms with Crippen LogP contribution in [-0.2, 0) is 4.74 Å². The van der Waals surface area contributed by atoms with Crippen LogP contribution in [0.1, 0.15) is 35.3 Å². The summed E-state index contributed by atoms with van der Waals surface area (Å²) in [6.45, 7) is 11.5. The van der Waals surface area contributed by atoms with E-state index in [0.29, 0.717) is 12.2 Å². The van der Waals surface area contributed by atoms with Crippen LogP contribution >= 0.6 is 12.4 Å². The van der Waals surface area contributed by atoms with Crippen molar-refractivity contribution in [3.05, 3.63) is 34.9 Å². The Hall–Kier alpha value is -1.06. The van der Waals surface area contributed by atoms with Gasteiger partial charge in [-0.3, -0.25) is 0 Å². The number of hydrogen-bond acceptors (Lipinski definition) is 3. The number of halogens is 1. The average Bonchev–Trinajstić information content (AvgIpc) is 2.37. The Bertz CT molecular complexity index is 403. The van der Waals surface area contributed by atoms with Crippen LogP contribution in [0.4, 0.5) is 0 Å². The Labute approximate surface area is 122 Å². The second-order valence-electron chi connectivity index (χ2n) is 4.46. The van der Waals surface area contributed by atoms with E-state index < -0.39 is 0 Å². The molecule has 1 aromatic carbocycles. The number of rotatable bonds is 6. The molecule has 0 N–H and O–H groups in total. The molecule has 3 nitrogen and oxygen atoms in total. The molecule has 0 heterocycles. The van der Waals surface area contributed by atoms with Crippen LogP contribution in [0.5, 0.6) is 0 Å². The van der Waals surface area contributed by atoms with Gasteiger partial charge in [-0.25, -0.2) is 4.79 Å². The molecule has 108 valence electrons. The maximum atomic E-state index is 11.8. The Kier molecular flexibility index (Phi) is 8.44. The highest BCUT2D eigenvalue weighted by Gasteiger charge is 2.08. The van der Waals surface area contributed by atoms with E-state index in [1.54, 1.807) is 0 Å². The predicted molar refractivity (Wildman–Crippen MR) is 81.2 cm³/mol. The highest BCUT2D eigenvalue weighted by molar-refractivity contribution is 5.89. The molecule has 0 aliphatic heterocycles. The molecule has 0 spiro atoms. The molecule has 0 atom stereocenters. The Morgan fingerprint density at radius 2 is 1.79 bits per heavy atom. The second kappa shape index (κ2) is 8.94. The molecular formula is C15H24ClNO2. The number of aryl methyl sites for hydroxylation is 2. The lowest BCUT2D eigenvalue weighted by molar-refractivity contribution is 0.0466. The van der Waals surface area contributed by atoms with Gasteiger partial charge in [0.25, 0.3) is 0 Å². The number of ether oxygens (including phenoxy) is 1. The van der Waals surface area contributed by atoms with E-state index in [4.69, 9.17) is 4.74 Å². The van der Waals surface area contributed by atoms with Gasteiger partial charge in [0.15, 0.2) is 0 Å². The van der Waals surface area contributed by atoms with Crippen molar-refractivity contribution in [2.45, 2.75) is 27.7 Å². The Morgan fingerprint density at radius 3 is 2.32 bits per heavy atom. The minimum Gasteiger partial charge on any atom is -0.461 e. The van der Waals surface area contributed by atoms with Gasteiger partial charge >= 0.3 is 5.97 Å². The van der Waals surface area contributed by atoms with Gasteiger partial charge in [-0.15, -0.1) is 12.4 Å². The van der Waals surface area contributed by atoms with Crippen molar-refractivity contribution in [3.63, 3.8) is 0 Å². The maximum absolute atomic E-state index is 11.8. The molecule has 0 aliphatic rings. The molecule has 1 rings (SSSR count). The zero-order valence-corrected chi connectivity index (χ0v) is 13.0. The van der Waals surface area contributed by atoms with Crippen LogP contribution in [0, 0.1) is 13.8 Å². The van der Waals surface area contributed by atoms with Crippen molar-refractivity contribution in [3.8, 4) is 0 Å². The Balaban J connectivity index is 0.00000324. The molecule has 0 aliphatic carbocycles. The van der Waals surface area contributed by atoms with Crippen molar-refractivity contribution in [1.29, 1.82) is 0 Å². The summed E-state index contributed by atoms with van der Waals surface area (Å²) >= 11 is 0. The molecule has 0 bridgehead atoms. The number of likely N-dealkylation sites (N-methyl/N-ethyl adjacent to an activating group) is 1. The summed E-state index contributed by atoms with van der Waals surface area (Å²) < 4.78 is 5.28. The molecule has 0 aromatic heterocycles. The number of nitrogens with zero attached hydrogens (tertiary/aromatic N) is 1. The summed E-state index contributed by atoms with van der Waals surface area (Å²) in [6.07, 6.45) is 0. The summed E-state index contributed by atoms with van der Waals surface area (Å²) in [6, 6.07) is 5.66. The number of benzene rings is 1. The third-order valence-electron chi connectivity index (χ3n) is 3.28. The minimum absolute atomic E-state index is 0. The smallest absolute Gasteiger partial charge is 0.338 e. The first-order chi connectivity index (χ1) is 8.58. The molecular weight excluding hydrogens is 262 g/mol. The highest BCUT2D eigenvalue weighted by Crippen LogP contribution is 2.10. The predicted octanol–water partition coefficient (Wildman–Crippen LogP) is 3.22. The number of carbonyl (C=O) groups excluding carboxylic acids is 1. The maximum Gasteiger partial charge on any atom is 0.338 e. The zero-order chi connectivity index (χ0) is 13.5. The fourth-order valence-corrected chi connectivity index (χ4v) is 1.76. The monoisotopic (exact) mass is 285 g/mol. The van der Waals surface area contributed by atoms with Crippen LogP contribution in [0.2, 0.25) is 0 Å². The minimum atomic E-state index is -0.231. The average molecular weight is 286 g/mol. The molecule has 0 saturated heterocycles. The van der Waals surface area contributed by atoms with Gasteiger partial charge in [-0.2, -0.15) is 0 Å². The lowest BCUT2D eigenvalue weighted by Crippen LogP contribution is -2.27. The van der Waals surface area contributed by atoms with Crippen LogP contribution in [-0.4, -0.2) is 37.1 Å². The van der Waals surface area contributed by atoms with E-state index in [9.17, 15) is 4.79 Å². The second-order valence-corrected chi connectivity index (χ2v) is 4.46. The summed E-state index contributed by atoms with van der Waals surface area (Å²) in [5, 5.41) is 0. The fourth-order valence-electron chi connectivity index (χ4n) is 1.76. The topological polar surface area (TPSA) is 29.5 Å².